The zero-order valence-electron chi connectivity index (χ0n) is 9.96. The Balaban J connectivity index is 2.62. The number of hydrogen-bond acceptors (Lipinski definition) is 2. The molecule has 82 valence electrons. The summed E-state index contributed by atoms with van der Waals surface area (Å²) in [5, 5.41) is 11.2. The Morgan fingerprint density at radius 2 is 2.07 bits per heavy atom. The minimum Gasteiger partial charge on any atom is -0.388 e. The summed E-state index contributed by atoms with van der Waals surface area (Å²) < 4.78 is 0. The van der Waals surface area contributed by atoms with Gasteiger partial charge in [0, 0.05) is 11.0 Å². The zero-order valence-corrected chi connectivity index (χ0v) is 11.0. The van der Waals surface area contributed by atoms with Crippen molar-refractivity contribution in [1.82, 2.24) is 4.98 Å². The van der Waals surface area contributed by atoms with Crippen molar-refractivity contribution in [3.05, 3.63) is 22.9 Å². The molecule has 15 heavy (non-hydrogen) atoms. The number of hydrogen-bond donors (Lipinski definition) is 1. The topological polar surface area (TPSA) is 33.1 Å². The largest absolute Gasteiger partial charge is 0.388 e. The van der Waals surface area contributed by atoms with Crippen LogP contribution in [-0.4, -0.2) is 18.2 Å². The van der Waals surface area contributed by atoms with Crippen molar-refractivity contribution in [3.8, 4) is 0 Å². The fourth-order valence-electron chi connectivity index (χ4n) is 2.34. The molecule has 0 fully saturated rings. The highest BCUT2D eigenvalue weighted by Crippen LogP contribution is 2.30. The van der Waals surface area contributed by atoms with E-state index in [1.54, 1.807) is 0 Å². The van der Waals surface area contributed by atoms with Crippen LogP contribution >= 0.6 is 0 Å². The molecule has 0 radical (unpaired) electrons. The van der Waals surface area contributed by atoms with Gasteiger partial charge in [-0.15, -0.1) is 0 Å². The summed E-state index contributed by atoms with van der Waals surface area (Å²) in [7, 11) is -1.37. The molecule has 0 spiro atoms. The third kappa shape index (κ3) is 1.86. The van der Waals surface area contributed by atoms with E-state index in [4.69, 9.17) is 4.98 Å². The highest BCUT2D eigenvalue weighted by atomic mass is 28.3. The first-order chi connectivity index (χ1) is 6.89. The molecule has 1 aliphatic carbocycles. The minimum absolute atomic E-state index is 0.253. The van der Waals surface area contributed by atoms with E-state index in [0.717, 1.165) is 24.1 Å². The Morgan fingerprint density at radius 1 is 1.40 bits per heavy atom. The number of aliphatic hydroxyl groups is 1. The molecular formula is C12H19NOSi. The quantitative estimate of drug-likeness (QED) is 0.735. The average Bonchev–Trinajstić information content (AvgIpc) is 2.45. The molecule has 0 aromatic carbocycles. The van der Waals surface area contributed by atoms with Gasteiger partial charge in [-0.1, -0.05) is 19.6 Å². The Morgan fingerprint density at radius 3 is 2.67 bits per heavy atom. The lowest BCUT2D eigenvalue weighted by Crippen LogP contribution is -2.43. The van der Waals surface area contributed by atoms with Crippen molar-refractivity contribution in [3.63, 3.8) is 0 Å². The predicted molar refractivity (Wildman–Crippen MR) is 65.2 cm³/mol. The third-order valence-electron chi connectivity index (χ3n) is 3.02. The van der Waals surface area contributed by atoms with Crippen LogP contribution in [0.2, 0.25) is 19.6 Å². The molecule has 1 aliphatic rings. The lowest BCUT2D eigenvalue weighted by Gasteiger charge is -2.20. The molecule has 0 aliphatic heterocycles. The Bertz CT molecular complexity index is 395. The van der Waals surface area contributed by atoms with Crippen LogP contribution in [0.1, 0.15) is 29.3 Å². The number of aromatic nitrogens is 1. The Labute approximate surface area is 92.4 Å². The number of rotatable bonds is 1. The van der Waals surface area contributed by atoms with E-state index in [9.17, 15) is 5.11 Å². The molecule has 1 heterocycles. The van der Waals surface area contributed by atoms with E-state index in [0.29, 0.717) is 0 Å². The number of pyridine rings is 1. The van der Waals surface area contributed by atoms with Gasteiger partial charge in [0.15, 0.2) is 0 Å². The molecule has 0 amide bonds. The Kier molecular flexibility index (Phi) is 2.47. The lowest BCUT2D eigenvalue weighted by atomic mass is 10.1. The Hall–Kier alpha value is -0.673. The number of fused-ring (bicyclic) bond motifs is 1. The first kappa shape index (κ1) is 10.8. The van der Waals surface area contributed by atoms with Crippen LogP contribution in [0, 0.1) is 6.92 Å². The van der Waals surface area contributed by atoms with Crippen LogP contribution in [0.3, 0.4) is 0 Å². The van der Waals surface area contributed by atoms with E-state index in [1.165, 1.54) is 10.9 Å². The monoisotopic (exact) mass is 221 g/mol. The molecule has 0 saturated carbocycles. The smallest absolute Gasteiger partial charge is 0.102 e. The molecule has 1 N–H and O–H groups in total. The van der Waals surface area contributed by atoms with E-state index < -0.39 is 8.07 Å². The first-order valence-corrected chi connectivity index (χ1v) is 9.08. The molecule has 1 unspecified atom stereocenters. The van der Waals surface area contributed by atoms with Gasteiger partial charge in [-0.2, -0.15) is 0 Å². The normalized spacial score (nSPS) is 20.5. The molecule has 0 saturated heterocycles. The lowest BCUT2D eigenvalue weighted by molar-refractivity contribution is 0.180. The number of aliphatic hydroxyl groups excluding tert-OH is 1. The van der Waals surface area contributed by atoms with Gasteiger partial charge in [-0.25, -0.2) is 0 Å². The van der Waals surface area contributed by atoms with E-state index in [-0.39, 0.29) is 6.10 Å². The van der Waals surface area contributed by atoms with Gasteiger partial charge >= 0.3 is 0 Å². The highest BCUT2D eigenvalue weighted by molar-refractivity contribution is 6.88. The second-order valence-electron chi connectivity index (χ2n) is 5.48. The molecular weight excluding hydrogens is 202 g/mol. The van der Waals surface area contributed by atoms with E-state index >= 15 is 0 Å². The molecule has 2 nitrogen and oxygen atoms in total. The summed E-state index contributed by atoms with van der Waals surface area (Å²) in [6, 6.07) is 2.05. The SMILES string of the molecule is Cc1cc2c(c([Si](C)(C)C)n1)CCC2O. The van der Waals surface area contributed by atoms with Gasteiger partial charge in [0.1, 0.15) is 8.07 Å². The summed E-state index contributed by atoms with van der Waals surface area (Å²) in [5.74, 6) is 0. The second kappa shape index (κ2) is 3.42. The molecule has 2 rings (SSSR count). The maximum absolute atomic E-state index is 9.88. The van der Waals surface area contributed by atoms with Gasteiger partial charge in [-0.05, 0) is 37.0 Å². The second-order valence-corrected chi connectivity index (χ2v) is 10.5. The maximum Gasteiger partial charge on any atom is 0.102 e. The molecule has 1 atom stereocenters. The van der Waals surface area contributed by atoms with Crippen molar-refractivity contribution >= 4 is 13.4 Å². The van der Waals surface area contributed by atoms with Gasteiger partial charge in [0.25, 0.3) is 0 Å². The zero-order chi connectivity index (χ0) is 11.2. The van der Waals surface area contributed by atoms with Gasteiger partial charge in [0.05, 0.1) is 6.10 Å². The summed E-state index contributed by atoms with van der Waals surface area (Å²) in [6.07, 6.45) is 1.62. The van der Waals surface area contributed by atoms with Gasteiger partial charge < -0.3 is 5.11 Å². The molecule has 3 heteroatoms. The fraction of sp³-hybridized carbons (Fsp3) is 0.583. The van der Waals surface area contributed by atoms with Crippen LogP contribution in [0.25, 0.3) is 0 Å². The third-order valence-corrected chi connectivity index (χ3v) is 4.86. The molecule has 1 aromatic heterocycles. The summed E-state index contributed by atoms with van der Waals surface area (Å²) >= 11 is 0. The van der Waals surface area contributed by atoms with Crippen molar-refractivity contribution < 1.29 is 5.11 Å². The molecule has 1 aromatic rings. The average molecular weight is 221 g/mol. The van der Waals surface area contributed by atoms with Gasteiger partial charge in [0.2, 0.25) is 0 Å². The van der Waals surface area contributed by atoms with Crippen LogP contribution in [-0.2, 0) is 6.42 Å². The van der Waals surface area contributed by atoms with Crippen LogP contribution in [0.5, 0.6) is 0 Å². The van der Waals surface area contributed by atoms with Crippen LogP contribution < -0.4 is 5.32 Å². The highest BCUT2D eigenvalue weighted by Gasteiger charge is 2.30. The van der Waals surface area contributed by atoms with E-state index in [1.807, 2.05) is 6.92 Å². The number of aryl methyl sites for hydroxylation is 1. The predicted octanol–water partition coefficient (Wildman–Crippen LogP) is 1.91. The standard InChI is InChI=1S/C12H19NOSi/c1-8-7-10-9(5-6-11(10)14)12(13-8)15(2,3)4/h7,11,14H,5-6H2,1-4H3. The minimum atomic E-state index is -1.37. The van der Waals surface area contributed by atoms with Crippen molar-refractivity contribution in [2.75, 3.05) is 0 Å². The number of nitrogens with zero attached hydrogens (tertiary/aromatic N) is 1. The van der Waals surface area contributed by atoms with E-state index in [2.05, 4.69) is 25.7 Å². The summed E-state index contributed by atoms with van der Waals surface area (Å²) in [4.78, 5) is 4.70. The van der Waals surface area contributed by atoms with Crippen molar-refractivity contribution in [1.29, 1.82) is 0 Å². The fourth-order valence-corrected chi connectivity index (χ4v) is 4.03. The van der Waals surface area contributed by atoms with Gasteiger partial charge in [-0.3, -0.25) is 4.98 Å². The van der Waals surface area contributed by atoms with Crippen LogP contribution in [0.4, 0.5) is 0 Å². The van der Waals surface area contributed by atoms with Crippen LogP contribution in [0.15, 0.2) is 6.07 Å². The van der Waals surface area contributed by atoms with Crippen molar-refractivity contribution in [2.24, 2.45) is 0 Å². The van der Waals surface area contributed by atoms with Crippen molar-refractivity contribution in [2.45, 2.75) is 45.5 Å². The summed E-state index contributed by atoms with van der Waals surface area (Å²) in [6.45, 7) is 8.98. The summed E-state index contributed by atoms with van der Waals surface area (Å²) in [5.41, 5.74) is 3.53. The molecule has 0 bridgehead atoms. The maximum atomic E-state index is 9.88. The first-order valence-electron chi connectivity index (χ1n) is 5.58.